The molecule has 0 radical (unpaired) electrons. The molecule has 142 valence electrons. The van der Waals surface area contributed by atoms with Crippen molar-refractivity contribution in [2.45, 2.75) is 26.3 Å². The van der Waals surface area contributed by atoms with E-state index in [4.69, 9.17) is 14.2 Å². The SMILES string of the molecule is COC(=O)[C@H](CC(C)C)N1CC(Oc2c(F)ccc(OC)c2F)=CC1=O. The summed E-state index contributed by atoms with van der Waals surface area (Å²) in [4.78, 5) is 25.5. The van der Waals surface area contributed by atoms with Gasteiger partial charge in [0.2, 0.25) is 11.6 Å². The van der Waals surface area contributed by atoms with Crippen molar-refractivity contribution in [1.29, 1.82) is 0 Å². The topological polar surface area (TPSA) is 65.1 Å². The summed E-state index contributed by atoms with van der Waals surface area (Å²) in [5, 5.41) is 0. The van der Waals surface area contributed by atoms with E-state index < -0.39 is 35.3 Å². The van der Waals surface area contributed by atoms with E-state index in [0.29, 0.717) is 6.42 Å². The number of nitrogens with zero attached hydrogens (tertiary/aromatic N) is 1. The molecular weight excluding hydrogens is 348 g/mol. The van der Waals surface area contributed by atoms with Gasteiger partial charge in [0.05, 0.1) is 20.8 Å². The quantitative estimate of drug-likeness (QED) is 0.692. The Morgan fingerprint density at radius 3 is 2.54 bits per heavy atom. The van der Waals surface area contributed by atoms with E-state index in [0.717, 1.165) is 18.2 Å². The number of hydrogen-bond acceptors (Lipinski definition) is 5. The van der Waals surface area contributed by atoms with Crippen LogP contribution in [0, 0.1) is 17.6 Å². The van der Waals surface area contributed by atoms with Gasteiger partial charge in [0, 0.05) is 6.08 Å². The molecule has 1 aromatic rings. The van der Waals surface area contributed by atoms with Crippen LogP contribution in [0.1, 0.15) is 20.3 Å². The number of carbonyl (C=O) groups excluding carboxylic acids is 2. The van der Waals surface area contributed by atoms with Crippen molar-refractivity contribution in [3.63, 3.8) is 0 Å². The molecule has 0 bridgehead atoms. The molecule has 0 saturated heterocycles. The van der Waals surface area contributed by atoms with Crippen LogP contribution in [0.15, 0.2) is 24.0 Å². The number of benzene rings is 1. The number of rotatable bonds is 7. The van der Waals surface area contributed by atoms with Crippen molar-refractivity contribution in [2.75, 3.05) is 20.8 Å². The summed E-state index contributed by atoms with van der Waals surface area (Å²) < 4.78 is 42.9. The third-order valence-electron chi connectivity index (χ3n) is 3.90. The Bertz CT molecular complexity index is 733. The highest BCUT2D eigenvalue weighted by atomic mass is 19.1. The van der Waals surface area contributed by atoms with Crippen molar-refractivity contribution in [3.05, 3.63) is 35.6 Å². The first-order valence-electron chi connectivity index (χ1n) is 8.07. The lowest BCUT2D eigenvalue weighted by Crippen LogP contribution is -2.44. The van der Waals surface area contributed by atoms with Gasteiger partial charge in [-0.1, -0.05) is 13.8 Å². The zero-order chi connectivity index (χ0) is 19.4. The Morgan fingerprint density at radius 2 is 1.96 bits per heavy atom. The van der Waals surface area contributed by atoms with Gasteiger partial charge in [-0.25, -0.2) is 9.18 Å². The minimum absolute atomic E-state index is 0.0266. The van der Waals surface area contributed by atoms with Gasteiger partial charge in [0.1, 0.15) is 11.8 Å². The van der Waals surface area contributed by atoms with Crippen LogP contribution < -0.4 is 9.47 Å². The highest BCUT2D eigenvalue weighted by Crippen LogP contribution is 2.32. The highest BCUT2D eigenvalue weighted by Gasteiger charge is 2.35. The number of ether oxygens (including phenoxy) is 3. The fraction of sp³-hybridized carbons (Fsp3) is 0.444. The summed E-state index contributed by atoms with van der Waals surface area (Å²) in [5.41, 5.74) is 0. The molecule has 26 heavy (non-hydrogen) atoms. The molecule has 1 amide bonds. The van der Waals surface area contributed by atoms with E-state index in [9.17, 15) is 18.4 Å². The lowest BCUT2D eigenvalue weighted by Gasteiger charge is -2.27. The van der Waals surface area contributed by atoms with Crippen LogP contribution in [-0.2, 0) is 14.3 Å². The fourth-order valence-corrected chi connectivity index (χ4v) is 2.67. The molecule has 1 heterocycles. The normalized spacial score (nSPS) is 15.1. The maximum Gasteiger partial charge on any atom is 0.328 e. The maximum atomic E-state index is 14.2. The first kappa shape index (κ1) is 19.7. The van der Waals surface area contributed by atoms with Crippen molar-refractivity contribution < 1.29 is 32.6 Å². The van der Waals surface area contributed by atoms with E-state index in [1.807, 2.05) is 13.8 Å². The van der Waals surface area contributed by atoms with Crippen LogP contribution >= 0.6 is 0 Å². The van der Waals surface area contributed by atoms with Crippen LogP contribution in [-0.4, -0.2) is 43.6 Å². The number of hydrogen-bond donors (Lipinski definition) is 0. The number of esters is 1. The number of carbonyl (C=O) groups is 2. The molecule has 1 aliphatic rings. The van der Waals surface area contributed by atoms with Crippen LogP contribution in [0.25, 0.3) is 0 Å². The van der Waals surface area contributed by atoms with Crippen molar-refractivity contribution in [3.8, 4) is 11.5 Å². The van der Waals surface area contributed by atoms with Crippen molar-refractivity contribution >= 4 is 11.9 Å². The Balaban J connectivity index is 2.21. The van der Waals surface area contributed by atoms with Gasteiger partial charge in [-0.3, -0.25) is 4.79 Å². The van der Waals surface area contributed by atoms with Gasteiger partial charge >= 0.3 is 5.97 Å². The number of amides is 1. The van der Waals surface area contributed by atoms with E-state index in [2.05, 4.69) is 0 Å². The van der Waals surface area contributed by atoms with Gasteiger partial charge in [-0.15, -0.1) is 0 Å². The minimum atomic E-state index is -1.01. The summed E-state index contributed by atoms with van der Waals surface area (Å²) in [6, 6.07) is 1.33. The molecule has 0 N–H and O–H groups in total. The second-order valence-electron chi connectivity index (χ2n) is 6.24. The summed E-state index contributed by atoms with van der Waals surface area (Å²) >= 11 is 0. The second-order valence-corrected chi connectivity index (χ2v) is 6.24. The molecule has 1 aliphatic heterocycles. The molecule has 0 saturated carbocycles. The van der Waals surface area contributed by atoms with E-state index >= 15 is 0 Å². The first-order chi connectivity index (χ1) is 12.3. The molecule has 1 aromatic carbocycles. The molecule has 6 nitrogen and oxygen atoms in total. The Kier molecular flexibility index (Phi) is 6.18. The van der Waals surface area contributed by atoms with Crippen molar-refractivity contribution in [1.82, 2.24) is 4.90 Å². The van der Waals surface area contributed by atoms with E-state index in [1.54, 1.807) is 0 Å². The number of methoxy groups -OCH3 is 2. The summed E-state index contributed by atoms with van der Waals surface area (Å²) in [7, 11) is 2.48. The smallest absolute Gasteiger partial charge is 0.328 e. The van der Waals surface area contributed by atoms with Crippen LogP contribution in [0.2, 0.25) is 0 Å². The molecule has 2 rings (SSSR count). The fourth-order valence-electron chi connectivity index (χ4n) is 2.67. The average molecular weight is 369 g/mol. The third-order valence-corrected chi connectivity index (χ3v) is 3.90. The van der Waals surface area contributed by atoms with Crippen molar-refractivity contribution in [2.24, 2.45) is 5.92 Å². The highest BCUT2D eigenvalue weighted by molar-refractivity contribution is 5.94. The van der Waals surface area contributed by atoms with Gasteiger partial charge in [0.25, 0.3) is 5.91 Å². The van der Waals surface area contributed by atoms with Crippen LogP contribution in [0.3, 0.4) is 0 Å². The summed E-state index contributed by atoms with van der Waals surface area (Å²) in [6.07, 6.45) is 1.50. The molecule has 0 spiro atoms. The zero-order valence-electron chi connectivity index (χ0n) is 15.0. The molecule has 0 fully saturated rings. The lowest BCUT2D eigenvalue weighted by atomic mass is 10.0. The Labute approximate surface area is 150 Å². The summed E-state index contributed by atoms with van der Waals surface area (Å²) in [5.74, 6) is -3.67. The molecular formula is C18H21F2NO5. The molecule has 8 heteroatoms. The van der Waals surface area contributed by atoms with Gasteiger partial charge in [-0.05, 0) is 24.5 Å². The predicted molar refractivity (Wildman–Crippen MR) is 88.6 cm³/mol. The summed E-state index contributed by atoms with van der Waals surface area (Å²) in [6.45, 7) is 3.71. The molecule has 0 aliphatic carbocycles. The molecule has 0 unspecified atom stereocenters. The Hall–Kier alpha value is -2.64. The minimum Gasteiger partial charge on any atom is -0.494 e. The third kappa shape index (κ3) is 4.12. The molecule has 1 atom stereocenters. The average Bonchev–Trinajstić information content (AvgIpc) is 2.96. The van der Waals surface area contributed by atoms with Gasteiger partial charge < -0.3 is 19.1 Å². The number of halogens is 2. The van der Waals surface area contributed by atoms with Crippen LogP contribution in [0.5, 0.6) is 11.5 Å². The monoisotopic (exact) mass is 369 g/mol. The largest absolute Gasteiger partial charge is 0.494 e. The van der Waals surface area contributed by atoms with E-state index in [1.165, 1.54) is 19.1 Å². The predicted octanol–water partition coefficient (Wildman–Crippen LogP) is 2.67. The lowest BCUT2D eigenvalue weighted by molar-refractivity contribution is -0.151. The standard InChI is InChI=1S/C18H21F2NO5/c1-10(2)7-13(18(23)25-4)21-9-11(8-15(21)22)26-17-12(19)5-6-14(24-3)16(17)20/h5-6,8,10,13H,7,9H2,1-4H3/t13-/m0/s1. The molecule has 0 aromatic heterocycles. The zero-order valence-corrected chi connectivity index (χ0v) is 15.0. The van der Waals surface area contributed by atoms with E-state index in [-0.39, 0.29) is 24.0 Å². The maximum absolute atomic E-state index is 14.2. The first-order valence-corrected chi connectivity index (χ1v) is 8.07. The Morgan fingerprint density at radius 1 is 1.27 bits per heavy atom. The van der Waals surface area contributed by atoms with Gasteiger partial charge in [0.15, 0.2) is 11.6 Å². The van der Waals surface area contributed by atoms with Gasteiger partial charge in [-0.2, -0.15) is 4.39 Å². The van der Waals surface area contributed by atoms with Crippen LogP contribution in [0.4, 0.5) is 8.78 Å². The second kappa shape index (κ2) is 8.16.